The van der Waals surface area contributed by atoms with E-state index >= 15 is 0 Å². The molecular weight excluding hydrogens is 1020 g/mol. The van der Waals surface area contributed by atoms with Gasteiger partial charge in [-0.25, -0.2) is 0 Å². The fourth-order valence-corrected chi connectivity index (χ4v) is 9.80. The topological polar surface area (TPSA) is 78.9 Å². The molecule has 83 heavy (non-hydrogen) atoms. The first kappa shape index (κ1) is 78.8. The van der Waals surface area contributed by atoms with E-state index in [1.54, 1.807) is 6.08 Å². The maximum absolute atomic E-state index is 12.9. The standard InChI is InChI=1S/C77H130O6/c1-4-7-10-13-16-19-22-25-28-30-32-33-34-35-36-37-38-39-40-41-42-43-45-46-49-52-55-58-61-64-67-70-76(79)82-73-74(72-81-75(78)69-66-63-60-57-54-51-48-27-24-21-18-15-12-9-6-3)83-77(80)71-68-65-62-59-56-53-50-47-44-31-29-26-23-20-17-14-11-8-5-2/h7,9-10,12,16,18-19,21,25-29,32-33,48,54,57,63,66,74H,4-6,8,11,13-15,17,20,22-24,30-31,34-47,49-53,55-56,58-62,64-65,67-73H2,1-3H3/b10-7-,12-9-,19-16-,21-18-,28-25-,29-26-,33-32-,48-27-,57-54-,66-63-. The molecule has 0 saturated heterocycles. The highest BCUT2D eigenvalue weighted by atomic mass is 16.6. The molecule has 6 nitrogen and oxygen atoms in total. The third-order valence-electron chi connectivity index (χ3n) is 15.0. The van der Waals surface area contributed by atoms with Gasteiger partial charge in [0.1, 0.15) is 13.2 Å². The Balaban J connectivity index is 4.29. The van der Waals surface area contributed by atoms with Gasteiger partial charge >= 0.3 is 17.9 Å². The number of hydrogen-bond donors (Lipinski definition) is 0. The lowest BCUT2D eigenvalue weighted by molar-refractivity contribution is -0.166. The third-order valence-corrected chi connectivity index (χ3v) is 15.0. The van der Waals surface area contributed by atoms with E-state index < -0.39 is 12.1 Å². The molecule has 0 aromatic rings. The Bertz CT molecular complexity index is 1700. The molecule has 0 aliphatic carbocycles. The van der Waals surface area contributed by atoms with Gasteiger partial charge in [-0.3, -0.25) is 14.4 Å². The van der Waals surface area contributed by atoms with Gasteiger partial charge in [0.15, 0.2) is 6.10 Å². The van der Waals surface area contributed by atoms with Gasteiger partial charge in [-0.05, 0) is 109 Å². The number of unbranched alkanes of at least 4 members (excludes halogenated alkanes) is 33. The smallest absolute Gasteiger partial charge is 0.309 e. The van der Waals surface area contributed by atoms with Crippen molar-refractivity contribution in [2.75, 3.05) is 13.2 Å². The second-order valence-electron chi connectivity index (χ2n) is 23.0. The molecule has 0 N–H and O–H groups in total. The summed E-state index contributed by atoms with van der Waals surface area (Å²) in [5.74, 6) is -1.03. The van der Waals surface area contributed by atoms with Gasteiger partial charge in [-0.15, -0.1) is 0 Å². The normalized spacial score (nSPS) is 12.9. The third kappa shape index (κ3) is 68.5. The summed E-state index contributed by atoms with van der Waals surface area (Å²) in [6.45, 7) is 6.35. The van der Waals surface area contributed by atoms with E-state index in [-0.39, 0.29) is 31.6 Å². The summed E-state index contributed by atoms with van der Waals surface area (Å²) in [5, 5.41) is 0. The number of rotatable bonds is 63. The van der Waals surface area contributed by atoms with Crippen LogP contribution in [-0.4, -0.2) is 37.2 Å². The van der Waals surface area contributed by atoms with Gasteiger partial charge < -0.3 is 14.2 Å². The highest BCUT2D eigenvalue weighted by Crippen LogP contribution is 2.17. The number of allylic oxidation sites excluding steroid dienone is 19. The average Bonchev–Trinajstić information content (AvgIpc) is 3.50. The lowest BCUT2D eigenvalue weighted by Gasteiger charge is -2.18. The van der Waals surface area contributed by atoms with Crippen LogP contribution in [0.4, 0.5) is 0 Å². The van der Waals surface area contributed by atoms with E-state index in [9.17, 15) is 14.4 Å². The summed E-state index contributed by atoms with van der Waals surface area (Å²) in [7, 11) is 0. The Hall–Kier alpha value is -4.19. The number of carbonyl (C=O) groups excluding carboxylic acids is 3. The molecular formula is C77H130O6. The summed E-state index contributed by atoms with van der Waals surface area (Å²) in [5.41, 5.74) is 0. The van der Waals surface area contributed by atoms with Gasteiger partial charge in [0.2, 0.25) is 0 Å². The van der Waals surface area contributed by atoms with E-state index in [2.05, 4.69) is 130 Å². The molecule has 0 aliphatic rings. The highest BCUT2D eigenvalue weighted by molar-refractivity contribution is 5.72. The first-order valence-corrected chi connectivity index (χ1v) is 35.0. The SMILES string of the molecule is CC/C=C\C/C=C\C/C=C\C/C=C\C/C=C\CC(=O)OCC(COC(=O)CCCCCCCCCCCCCCCCCCCC/C=C\C/C=C\C/C=C\C/C=C\CC)OC(=O)CCCCCCCCCCC/C=C\CCCCCCCC. The monoisotopic (exact) mass is 1150 g/mol. The summed E-state index contributed by atoms with van der Waals surface area (Å²) in [6, 6.07) is 0. The molecule has 0 aromatic carbocycles. The van der Waals surface area contributed by atoms with Gasteiger partial charge in [0.05, 0.1) is 6.42 Å². The molecule has 0 heterocycles. The predicted molar refractivity (Wildman–Crippen MR) is 362 cm³/mol. The van der Waals surface area contributed by atoms with Crippen LogP contribution in [0.2, 0.25) is 0 Å². The quantitative estimate of drug-likeness (QED) is 0.0261. The Morgan fingerprint density at radius 2 is 0.518 bits per heavy atom. The van der Waals surface area contributed by atoms with E-state index in [0.717, 1.165) is 96.3 Å². The maximum Gasteiger partial charge on any atom is 0.309 e. The molecule has 0 aromatic heterocycles. The fourth-order valence-electron chi connectivity index (χ4n) is 9.80. The Labute approximate surface area is 513 Å². The minimum absolute atomic E-state index is 0.108. The summed E-state index contributed by atoms with van der Waals surface area (Å²) >= 11 is 0. The van der Waals surface area contributed by atoms with Crippen molar-refractivity contribution in [3.8, 4) is 0 Å². The van der Waals surface area contributed by atoms with Gasteiger partial charge in [-0.2, -0.15) is 0 Å². The molecule has 1 atom stereocenters. The first-order valence-electron chi connectivity index (χ1n) is 35.0. The minimum Gasteiger partial charge on any atom is -0.462 e. The van der Waals surface area contributed by atoms with E-state index in [4.69, 9.17) is 14.2 Å². The zero-order valence-corrected chi connectivity index (χ0v) is 54.4. The highest BCUT2D eigenvalue weighted by Gasteiger charge is 2.19. The van der Waals surface area contributed by atoms with E-state index in [1.165, 1.54) is 193 Å². The summed E-state index contributed by atoms with van der Waals surface area (Å²) in [4.78, 5) is 38.3. The number of esters is 3. The van der Waals surface area contributed by atoms with E-state index in [1.807, 2.05) is 6.08 Å². The van der Waals surface area contributed by atoms with Crippen LogP contribution < -0.4 is 0 Å². The van der Waals surface area contributed by atoms with Crippen LogP contribution in [0.3, 0.4) is 0 Å². The maximum atomic E-state index is 12.9. The second-order valence-corrected chi connectivity index (χ2v) is 23.0. The lowest BCUT2D eigenvalue weighted by Crippen LogP contribution is -2.30. The Morgan fingerprint density at radius 3 is 0.855 bits per heavy atom. The van der Waals surface area contributed by atoms with Crippen LogP contribution in [0.5, 0.6) is 0 Å². The van der Waals surface area contributed by atoms with Crippen molar-refractivity contribution >= 4 is 17.9 Å². The molecule has 0 aliphatic heterocycles. The average molecular weight is 1150 g/mol. The number of carbonyl (C=O) groups is 3. The first-order chi connectivity index (χ1) is 41.0. The number of ether oxygens (including phenoxy) is 3. The second kappa shape index (κ2) is 70.3. The Kier molecular flexibility index (Phi) is 66.7. The van der Waals surface area contributed by atoms with Crippen LogP contribution in [0, 0.1) is 0 Å². The summed E-state index contributed by atoms with van der Waals surface area (Å²) < 4.78 is 16.9. The zero-order chi connectivity index (χ0) is 59.9. The molecule has 0 rings (SSSR count). The van der Waals surface area contributed by atoms with Gasteiger partial charge in [0, 0.05) is 12.8 Å². The molecule has 0 amide bonds. The van der Waals surface area contributed by atoms with Crippen LogP contribution in [-0.2, 0) is 28.6 Å². The van der Waals surface area contributed by atoms with Gasteiger partial charge in [0.25, 0.3) is 0 Å². The van der Waals surface area contributed by atoms with Crippen molar-refractivity contribution in [3.05, 3.63) is 122 Å². The molecule has 1 unspecified atom stereocenters. The molecule has 0 fully saturated rings. The Morgan fingerprint density at radius 1 is 0.265 bits per heavy atom. The van der Waals surface area contributed by atoms with Crippen molar-refractivity contribution in [2.45, 2.75) is 335 Å². The minimum atomic E-state index is -0.821. The van der Waals surface area contributed by atoms with E-state index in [0.29, 0.717) is 12.8 Å². The van der Waals surface area contributed by atoms with Crippen molar-refractivity contribution in [2.24, 2.45) is 0 Å². The van der Waals surface area contributed by atoms with Crippen LogP contribution in [0.25, 0.3) is 0 Å². The molecule has 0 radical (unpaired) electrons. The lowest BCUT2D eigenvalue weighted by atomic mass is 10.0. The fraction of sp³-hybridized carbons (Fsp3) is 0.701. The van der Waals surface area contributed by atoms with Crippen molar-refractivity contribution in [1.29, 1.82) is 0 Å². The predicted octanol–water partition coefficient (Wildman–Crippen LogP) is 24.3. The molecule has 0 spiro atoms. The largest absolute Gasteiger partial charge is 0.462 e. The van der Waals surface area contributed by atoms with Crippen molar-refractivity contribution in [1.82, 2.24) is 0 Å². The zero-order valence-electron chi connectivity index (χ0n) is 54.4. The van der Waals surface area contributed by atoms with Crippen molar-refractivity contribution in [3.63, 3.8) is 0 Å². The molecule has 0 saturated carbocycles. The summed E-state index contributed by atoms with van der Waals surface area (Å²) in [6.07, 6.45) is 98.3. The number of hydrogen-bond acceptors (Lipinski definition) is 6. The van der Waals surface area contributed by atoms with Gasteiger partial charge in [-0.1, -0.05) is 322 Å². The van der Waals surface area contributed by atoms with Crippen LogP contribution >= 0.6 is 0 Å². The van der Waals surface area contributed by atoms with Crippen molar-refractivity contribution < 1.29 is 28.6 Å². The van der Waals surface area contributed by atoms with Crippen LogP contribution in [0.1, 0.15) is 329 Å². The van der Waals surface area contributed by atoms with Crippen LogP contribution in [0.15, 0.2) is 122 Å². The molecule has 474 valence electrons. The molecule has 6 heteroatoms. The molecule has 0 bridgehead atoms.